The third-order valence-corrected chi connectivity index (χ3v) is 4.31. The summed E-state index contributed by atoms with van der Waals surface area (Å²) in [5.41, 5.74) is 3.03. The van der Waals surface area contributed by atoms with Crippen LogP contribution < -0.4 is 10.2 Å². The number of hydrogen-bond acceptors (Lipinski definition) is 2. The highest BCUT2D eigenvalue weighted by atomic mass is 15.1. The SMILES string of the molecule is CC1Cc2ccccc2N(CC2CCCNC2)C1. The number of nitrogens with one attached hydrogen (secondary N) is 1. The average Bonchev–Trinajstić information content (AvgIpc) is 2.40. The number of nitrogens with zero attached hydrogens (tertiary/aromatic N) is 1. The van der Waals surface area contributed by atoms with Crippen LogP contribution in [0.25, 0.3) is 0 Å². The summed E-state index contributed by atoms with van der Waals surface area (Å²) in [6.07, 6.45) is 3.98. The molecule has 1 aromatic rings. The van der Waals surface area contributed by atoms with Gasteiger partial charge in [-0.3, -0.25) is 0 Å². The third kappa shape index (κ3) is 2.54. The van der Waals surface area contributed by atoms with Gasteiger partial charge >= 0.3 is 0 Å². The lowest BCUT2D eigenvalue weighted by Crippen LogP contribution is -2.42. The Morgan fingerprint density at radius 1 is 1.33 bits per heavy atom. The molecule has 1 aromatic carbocycles. The quantitative estimate of drug-likeness (QED) is 0.860. The van der Waals surface area contributed by atoms with Gasteiger partial charge in [-0.15, -0.1) is 0 Å². The van der Waals surface area contributed by atoms with Crippen LogP contribution in [0.3, 0.4) is 0 Å². The van der Waals surface area contributed by atoms with E-state index in [1.54, 1.807) is 5.56 Å². The van der Waals surface area contributed by atoms with Gasteiger partial charge in [-0.2, -0.15) is 0 Å². The van der Waals surface area contributed by atoms with E-state index in [1.165, 1.54) is 51.1 Å². The summed E-state index contributed by atoms with van der Waals surface area (Å²) < 4.78 is 0. The van der Waals surface area contributed by atoms with Crippen molar-refractivity contribution in [2.75, 3.05) is 31.1 Å². The van der Waals surface area contributed by atoms with Gasteiger partial charge in [0.05, 0.1) is 0 Å². The van der Waals surface area contributed by atoms with Crippen molar-refractivity contribution in [3.63, 3.8) is 0 Å². The number of benzene rings is 1. The van der Waals surface area contributed by atoms with E-state index < -0.39 is 0 Å². The van der Waals surface area contributed by atoms with Gasteiger partial charge in [0.1, 0.15) is 0 Å². The first-order valence-corrected chi connectivity index (χ1v) is 7.36. The van der Waals surface area contributed by atoms with Crippen molar-refractivity contribution in [2.24, 2.45) is 11.8 Å². The van der Waals surface area contributed by atoms with Crippen LogP contribution in [0.2, 0.25) is 0 Å². The molecule has 2 aliphatic rings. The zero-order valence-corrected chi connectivity index (χ0v) is 11.4. The molecule has 0 saturated carbocycles. The minimum Gasteiger partial charge on any atom is -0.371 e. The smallest absolute Gasteiger partial charge is 0.0399 e. The average molecular weight is 244 g/mol. The molecule has 0 amide bonds. The predicted octanol–water partition coefficient (Wildman–Crippen LogP) is 2.68. The molecule has 2 unspecified atom stereocenters. The van der Waals surface area contributed by atoms with Gasteiger partial charge in [0.15, 0.2) is 0 Å². The number of anilines is 1. The van der Waals surface area contributed by atoms with E-state index in [0.717, 1.165) is 11.8 Å². The normalized spacial score (nSPS) is 27.9. The van der Waals surface area contributed by atoms with E-state index in [4.69, 9.17) is 0 Å². The van der Waals surface area contributed by atoms with E-state index in [0.29, 0.717) is 0 Å². The van der Waals surface area contributed by atoms with Crippen LogP contribution in [0.5, 0.6) is 0 Å². The fourth-order valence-electron chi connectivity index (χ4n) is 3.47. The molecule has 2 aliphatic heterocycles. The lowest BCUT2D eigenvalue weighted by atomic mass is 9.91. The molecular weight excluding hydrogens is 220 g/mol. The second kappa shape index (κ2) is 5.31. The summed E-state index contributed by atoms with van der Waals surface area (Å²) in [5.74, 6) is 1.62. The molecule has 0 spiro atoms. The highest BCUT2D eigenvalue weighted by molar-refractivity contribution is 5.55. The Morgan fingerprint density at radius 2 is 2.22 bits per heavy atom. The topological polar surface area (TPSA) is 15.3 Å². The van der Waals surface area contributed by atoms with Crippen molar-refractivity contribution in [3.8, 4) is 0 Å². The molecule has 1 saturated heterocycles. The highest BCUT2D eigenvalue weighted by Crippen LogP contribution is 2.30. The minimum absolute atomic E-state index is 0.788. The molecule has 1 N–H and O–H groups in total. The Hall–Kier alpha value is -1.02. The first-order chi connectivity index (χ1) is 8.83. The van der Waals surface area contributed by atoms with Crippen molar-refractivity contribution >= 4 is 5.69 Å². The molecule has 2 heteroatoms. The molecule has 1 fully saturated rings. The van der Waals surface area contributed by atoms with Crippen molar-refractivity contribution in [1.82, 2.24) is 5.32 Å². The molecule has 18 heavy (non-hydrogen) atoms. The summed E-state index contributed by atoms with van der Waals surface area (Å²) >= 11 is 0. The third-order valence-electron chi connectivity index (χ3n) is 4.31. The Bertz CT molecular complexity index is 396. The van der Waals surface area contributed by atoms with Crippen molar-refractivity contribution in [1.29, 1.82) is 0 Å². The number of para-hydroxylation sites is 1. The van der Waals surface area contributed by atoms with Gasteiger partial charge in [-0.05, 0) is 55.8 Å². The maximum Gasteiger partial charge on any atom is 0.0399 e. The number of piperidine rings is 1. The molecular formula is C16H24N2. The molecule has 0 radical (unpaired) electrons. The standard InChI is InChI=1S/C16H24N2/c1-13-9-15-6-2-3-7-16(15)18(11-13)12-14-5-4-8-17-10-14/h2-3,6-7,13-14,17H,4-5,8-12H2,1H3. The summed E-state index contributed by atoms with van der Waals surface area (Å²) in [5, 5.41) is 3.53. The van der Waals surface area contributed by atoms with Crippen molar-refractivity contribution in [3.05, 3.63) is 29.8 Å². The van der Waals surface area contributed by atoms with Crippen LogP contribution >= 0.6 is 0 Å². The Labute approximate surface area is 110 Å². The number of rotatable bonds is 2. The van der Waals surface area contributed by atoms with Crippen molar-refractivity contribution < 1.29 is 0 Å². The molecule has 98 valence electrons. The number of hydrogen-bond donors (Lipinski definition) is 1. The molecule has 2 atom stereocenters. The van der Waals surface area contributed by atoms with Crippen LogP contribution in [0.15, 0.2) is 24.3 Å². The lowest BCUT2D eigenvalue weighted by molar-refractivity contribution is 0.367. The summed E-state index contributed by atoms with van der Waals surface area (Å²) in [4.78, 5) is 2.63. The second-order valence-corrected chi connectivity index (χ2v) is 6.06. The van der Waals surface area contributed by atoms with Gasteiger partial charge < -0.3 is 10.2 Å². The summed E-state index contributed by atoms with van der Waals surface area (Å²) in [6, 6.07) is 8.97. The molecule has 0 aliphatic carbocycles. The molecule has 0 bridgehead atoms. The van der Waals surface area contributed by atoms with E-state index in [-0.39, 0.29) is 0 Å². The maximum absolute atomic E-state index is 3.53. The minimum atomic E-state index is 0.788. The zero-order chi connectivity index (χ0) is 12.4. The fourth-order valence-corrected chi connectivity index (χ4v) is 3.47. The first kappa shape index (κ1) is 12.0. The van der Waals surface area contributed by atoms with Crippen molar-refractivity contribution in [2.45, 2.75) is 26.2 Å². The van der Waals surface area contributed by atoms with E-state index in [9.17, 15) is 0 Å². The van der Waals surface area contributed by atoms with Gasteiger partial charge in [-0.25, -0.2) is 0 Å². The second-order valence-electron chi connectivity index (χ2n) is 6.06. The Balaban J connectivity index is 1.75. The zero-order valence-electron chi connectivity index (χ0n) is 11.4. The van der Waals surface area contributed by atoms with Gasteiger partial charge in [0.2, 0.25) is 0 Å². The molecule has 3 rings (SSSR count). The van der Waals surface area contributed by atoms with Gasteiger partial charge in [-0.1, -0.05) is 25.1 Å². The fraction of sp³-hybridized carbons (Fsp3) is 0.625. The van der Waals surface area contributed by atoms with Crippen LogP contribution in [-0.4, -0.2) is 26.2 Å². The molecule has 2 nitrogen and oxygen atoms in total. The van der Waals surface area contributed by atoms with E-state index >= 15 is 0 Å². The maximum atomic E-state index is 3.53. The molecule has 2 heterocycles. The van der Waals surface area contributed by atoms with Crippen LogP contribution in [0.4, 0.5) is 5.69 Å². The van der Waals surface area contributed by atoms with Crippen LogP contribution in [0, 0.1) is 11.8 Å². The van der Waals surface area contributed by atoms with Gasteiger partial charge in [0, 0.05) is 18.8 Å². The predicted molar refractivity (Wildman–Crippen MR) is 77.1 cm³/mol. The first-order valence-electron chi connectivity index (χ1n) is 7.36. The number of fused-ring (bicyclic) bond motifs is 1. The largest absolute Gasteiger partial charge is 0.371 e. The molecule has 0 aromatic heterocycles. The highest BCUT2D eigenvalue weighted by Gasteiger charge is 2.24. The van der Waals surface area contributed by atoms with Crippen LogP contribution in [0.1, 0.15) is 25.3 Å². The summed E-state index contributed by atoms with van der Waals surface area (Å²) in [6.45, 7) is 7.25. The van der Waals surface area contributed by atoms with Crippen LogP contribution in [-0.2, 0) is 6.42 Å². The van der Waals surface area contributed by atoms with Gasteiger partial charge in [0.25, 0.3) is 0 Å². The van der Waals surface area contributed by atoms with E-state index in [2.05, 4.69) is 41.4 Å². The monoisotopic (exact) mass is 244 g/mol. The Morgan fingerprint density at radius 3 is 3.06 bits per heavy atom. The van der Waals surface area contributed by atoms with E-state index in [1.807, 2.05) is 0 Å². The summed E-state index contributed by atoms with van der Waals surface area (Å²) in [7, 11) is 0. The Kier molecular flexibility index (Phi) is 3.55. The lowest BCUT2D eigenvalue weighted by Gasteiger charge is -2.38.